The maximum atomic E-state index is 12.9. The maximum absolute atomic E-state index is 12.9. The molecular weight excluding hydrogens is 359 g/mol. The van der Waals surface area contributed by atoms with E-state index in [4.69, 9.17) is 0 Å². The van der Waals surface area contributed by atoms with Crippen molar-refractivity contribution in [2.45, 2.75) is 12.6 Å². The number of rotatable bonds is 6. The lowest BCUT2D eigenvalue weighted by Crippen LogP contribution is -2.28. The van der Waals surface area contributed by atoms with E-state index >= 15 is 0 Å². The lowest BCUT2D eigenvalue weighted by Gasteiger charge is -2.20. The first-order valence-electron chi connectivity index (χ1n) is 8.20. The molecule has 0 atom stereocenters. The van der Waals surface area contributed by atoms with Crippen LogP contribution in [-0.2, 0) is 11.0 Å². The van der Waals surface area contributed by atoms with Gasteiger partial charge in [0, 0.05) is 32.6 Å². The van der Waals surface area contributed by atoms with Gasteiger partial charge in [-0.1, -0.05) is 18.2 Å². The second kappa shape index (κ2) is 8.57. The van der Waals surface area contributed by atoms with Crippen molar-refractivity contribution in [3.8, 4) is 0 Å². The highest BCUT2D eigenvalue weighted by Crippen LogP contribution is 2.34. The van der Waals surface area contributed by atoms with Gasteiger partial charge in [-0.25, -0.2) is 0 Å². The fourth-order valence-corrected chi connectivity index (χ4v) is 2.40. The van der Waals surface area contributed by atoms with Gasteiger partial charge >= 0.3 is 6.18 Å². The lowest BCUT2D eigenvalue weighted by atomic mass is 10.1. The predicted octanol–water partition coefficient (Wildman–Crippen LogP) is 3.53. The zero-order chi connectivity index (χ0) is 20.0. The van der Waals surface area contributed by atoms with Gasteiger partial charge in [-0.15, -0.1) is 0 Å². The van der Waals surface area contributed by atoms with Gasteiger partial charge in [0.15, 0.2) is 0 Å². The molecular formula is C19H20F3N3O2. The minimum absolute atomic E-state index is 0.0641. The molecule has 0 unspecified atom stereocenters. The Morgan fingerprint density at radius 1 is 1.04 bits per heavy atom. The van der Waals surface area contributed by atoms with E-state index in [0.29, 0.717) is 11.3 Å². The van der Waals surface area contributed by atoms with E-state index in [1.807, 2.05) is 0 Å². The van der Waals surface area contributed by atoms with Gasteiger partial charge in [0.05, 0.1) is 16.9 Å². The first kappa shape index (κ1) is 20.3. The molecule has 0 aliphatic carbocycles. The molecule has 0 bridgehead atoms. The molecule has 144 valence electrons. The van der Waals surface area contributed by atoms with Crippen LogP contribution in [0.25, 0.3) is 0 Å². The number of carbonyl (C=O) groups excluding carboxylic acids is 2. The Morgan fingerprint density at radius 2 is 1.70 bits per heavy atom. The Balaban J connectivity index is 1.99. The number of hydrogen-bond acceptors (Lipinski definition) is 3. The number of hydrogen-bond donors (Lipinski definition) is 2. The molecule has 0 saturated heterocycles. The molecule has 2 rings (SSSR count). The van der Waals surface area contributed by atoms with Crippen LogP contribution in [0.15, 0.2) is 48.5 Å². The molecule has 27 heavy (non-hydrogen) atoms. The normalized spacial score (nSPS) is 11.0. The van der Waals surface area contributed by atoms with Crippen molar-refractivity contribution in [1.82, 2.24) is 5.32 Å². The molecule has 2 amide bonds. The third kappa shape index (κ3) is 5.73. The first-order chi connectivity index (χ1) is 12.7. The van der Waals surface area contributed by atoms with E-state index in [9.17, 15) is 22.8 Å². The van der Waals surface area contributed by atoms with Crippen molar-refractivity contribution in [2.24, 2.45) is 0 Å². The summed E-state index contributed by atoms with van der Waals surface area (Å²) in [5.74, 6) is -0.817. The minimum atomic E-state index is -4.51. The number of carbonyl (C=O) groups is 2. The van der Waals surface area contributed by atoms with E-state index in [2.05, 4.69) is 10.6 Å². The monoisotopic (exact) mass is 379 g/mol. The van der Waals surface area contributed by atoms with Crippen LogP contribution in [0, 0.1) is 0 Å². The topological polar surface area (TPSA) is 61.4 Å². The highest BCUT2D eigenvalue weighted by atomic mass is 19.4. The highest BCUT2D eigenvalue weighted by Gasteiger charge is 2.31. The molecule has 2 aromatic carbocycles. The summed E-state index contributed by atoms with van der Waals surface area (Å²) in [6.45, 7) is 0.0653. The second-order valence-corrected chi connectivity index (χ2v) is 6.04. The van der Waals surface area contributed by atoms with E-state index in [1.165, 1.54) is 6.07 Å². The van der Waals surface area contributed by atoms with Gasteiger partial charge < -0.3 is 15.5 Å². The van der Waals surface area contributed by atoms with Crippen molar-refractivity contribution in [3.05, 3.63) is 59.7 Å². The van der Waals surface area contributed by atoms with Gasteiger partial charge in [-0.2, -0.15) is 13.2 Å². The highest BCUT2D eigenvalue weighted by molar-refractivity contribution is 5.96. The summed E-state index contributed by atoms with van der Waals surface area (Å²) in [7, 11) is 3.33. The summed E-state index contributed by atoms with van der Waals surface area (Å²) in [4.78, 5) is 25.6. The third-order valence-corrected chi connectivity index (χ3v) is 3.75. The number of halogens is 3. The molecule has 2 N–H and O–H groups in total. The third-order valence-electron chi connectivity index (χ3n) is 3.75. The Labute approximate surface area is 155 Å². The smallest absolute Gasteiger partial charge is 0.376 e. The van der Waals surface area contributed by atoms with E-state index in [0.717, 1.165) is 12.1 Å². The summed E-state index contributed by atoms with van der Waals surface area (Å²) in [5.41, 5.74) is 0.130. The Hall–Kier alpha value is -3.03. The van der Waals surface area contributed by atoms with Crippen LogP contribution >= 0.6 is 0 Å². The van der Waals surface area contributed by atoms with Crippen molar-refractivity contribution in [2.75, 3.05) is 30.9 Å². The standard InChI is InChI=1S/C19H20F3N3O2/c1-25(2)16-9-8-14(19(20,21)22)12-15(16)24-17(26)10-11-23-18(27)13-6-4-3-5-7-13/h3-9,12H,10-11H2,1-2H3,(H,23,27)(H,24,26). The summed E-state index contributed by atoms with van der Waals surface area (Å²) in [5, 5.41) is 5.08. The molecule has 5 nitrogen and oxygen atoms in total. The molecule has 0 radical (unpaired) electrons. The Bertz CT molecular complexity index is 806. The quantitative estimate of drug-likeness (QED) is 0.807. The molecule has 2 aromatic rings. The molecule has 0 aromatic heterocycles. The molecule has 0 aliphatic heterocycles. The van der Waals surface area contributed by atoms with Crippen LogP contribution in [0.5, 0.6) is 0 Å². The van der Waals surface area contributed by atoms with Gasteiger partial charge in [-0.3, -0.25) is 9.59 Å². The molecule has 0 heterocycles. The molecule has 8 heteroatoms. The minimum Gasteiger partial charge on any atom is -0.376 e. The molecule has 0 fully saturated rings. The van der Waals surface area contributed by atoms with Gasteiger partial charge in [-0.05, 0) is 30.3 Å². The lowest BCUT2D eigenvalue weighted by molar-refractivity contribution is -0.137. The fraction of sp³-hybridized carbons (Fsp3) is 0.263. The van der Waals surface area contributed by atoms with Gasteiger partial charge in [0.1, 0.15) is 0 Å². The van der Waals surface area contributed by atoms with E-state index in [1.54, 1.807) is 49.3 Å². The SMILES string of the molecule is CN(C)c1ccc(C(F)(F)F)cc1NC(=O)CCNC(=O)c1ccccc1. The number of nitrogens with zero attached hydrogens (tertiary/aromatic N) is 1. The largest absolute Gasteiger partial charge is 0.416 e. The van der Waals surface area contributed by atoms with Crippen LogP contribution in [0.3, 0.4) is 0 Å². The van der Waals surface area contributed by atoms with Crippen LogP contribution in [0.2, 0.25) is 0 Å². The number of nitrogens with one attached hydrogen (secondary N) is 2. The van der Waals surface area contributed by atoms with Crippen LogP contribution < -0.4 is 15.5 Å². The molecule has 0 spiro atoms. The van der Waals surface area contributed by atoms with Crippen LogP contribution in [0.1, 0.15) is 22.3 Å². The zero-order valence-electron chi connectivity index (χ0n) is 14.9. The van der Waals surface area contributed by atoms with E-state index < -0.39 is 17.6 Å². The van der Waals surface area contributed by atoms with Crippen molar-refractivity contribution < 1.29 is 22.8 Å². The summed E-state index contributed by atoms with van der Waals surface area (Å²) < 4.78 is 38.8. The Kier molecular flexibility index (Phi) is 6.44. The molecule has 0 aliphatic rings. The summed E-state index contributed by atoms with van der Waals surface area (Å²) in [6.07, 6.45) is -4.57. The average molecular weight is 379 g/mol. The summed E-state index contributed by atoms with van der Waals surface area (Å²) in [6, 6.07) is 11.7. The fourth-order valence-electron chi connectivity index (χ4n) is 2.40. The number of amides is 2. The predicted molar refractivity (Wildman–Crippen MR) is 97.8 cm³/mol. The van der Waals surface area contributed by atoms with Crippen LogP contribution in [-0.4, -0.2) is 32.5 Å². The Morgan fingerprint density at radius 3 is 2.30 bits per heavy atom. The average Bonchev–Trinajstić information content (AvgIpc) is 2.61. The van der Waals surface area contributed by atoms with Gasteiger partial charge in [0.25, 0.3) is 5.91 Å². The van der Waals surface area contributed by atoms with Crippen LogP contribution in [0.4, 0.5) is 24.5 Å². The first-order valence-corrected chi connectivity index (χ1v) is 8.20. The van der Waals surface area contributed by atoms with Gasteiger partial charge in [0.2, 0.25) is 5.91 Å². The number of alkyl halides is 3. The zero-order valence-corrected chi connectivity index (χ0v) is 14.9. The molecule has 0 saturated carbocycles. The van der Waals surface area contributed by atoms with Crippen molar-refractivity contribution >= 4 is 23.2 Å². The second-order valence-electron chi connectivity index (χ2n) is 6.04. The number of benzene rings is 2. The van der Waals surface area contributed by atoms with Crippen molar-refractivity contribution in [1.29, 1.82) is 0 Å². The summed E-state index contributed by atoms with van der Waals surface area (Å²) >= 11 is 0. The van der Waals surface area contributed by atoms with E-state index in [-0.39, 0.29) is 24.6 Å². The number of anilines is 2. The maximum Gasteiger partial charge on any atom is 0.416 e. The van der Waals surface area contributed by atoms with Crippen molar-refractivity contribution in [3.63, 3.8) is 0 Å².